The van der Waals surface area contributed by atoms with Crippen molar-refractivity contribution in [1.82, 2.24) is 0 Å². The van der Waals surface area contributed by atoms with Crippen molar-refractivity contribution in [1.29, 1.82) is 0 Å². The number of ether oxygens (including phenoxy) is 2. The molecule has 0 amide bonds. The molecule has 27 heavy (non-hydrogen) atoms. The summed E-state index contributed by atoms with van der Waals surface area (Å²) in [5, 5.41) is 10.4. The standard InChI is InChI=1S/C22H30N2O3/c1-17-4-7-22(14-18(17)2)27-16-20(25)15-23-10-12-24(13-11-23)19-5-8-21(26-3)9-6-19/h4-9,14,20,25H,10-13,15-16H2,1-3H3/p+1/t20-/m1/s1. The first kappa shape index (κ1) is 19.5. The number of hydrogen-bond donors (Lipinski definition) is 2. The van der Waals surface area contributed by atoms with Gasteiger partial charge < -0.3 is 24.4 Å². The van der Waals surface area contributed by atoms with Crippen LogP contribution in [0.15, 0.2) is 42.5 Å². The number of nitrogens with one attached hydrogen (secondary N) is 1. The number of aliphatic hydroxyl groups excluding tert-OH is 1. The second kappa shape index (κ2) is 9.11. The fraction of sp³-hybridized carbons (Fsp3) is 0.455. The van der Waals surface area contributed by atoms with E-state index in [1.807, 2.05) is 24.3 Å². The summed E-state index contributed by atoms with van der Waals surface area (Å²) >= 11 is 0. The summed E-state index contributed by atoms with van der Waals surface area (Å²) in [5.74, 6) is 1.71. The van der Waals surface area contributed by atoms with Crippen LogP contribution >= 0.6 is 0 Å². The number of rotatable bonds is 7. The van der Waals surface area contributed by atoms with Crippen LogP contribution in [0, 0.1) is 13.8 Å². The fourth-order valence-electron chi connectivity index (χ4n) is 3.47. The summed E-state index contributed by atoms with van der Waals surface area (Å²) in [4.78, 5) is 3.82. The van der Waals surface area contributed by atoms with Crippen molar-refractivity contribution in [2.45, 2.75) is 20.0 Å². The molecule has 0 unspecified atom stereocenters. The van der Waals surface area contributed by atoms with E-state index in [-0.39, 0.29) is 0 Å². The van der Waals surface area contributed by atoms with Crippen molar-refractivity contribution in [2.75, 3.05) is 51.3 Å². The molecule has 146 valence electrons. The number of benzene rings is 2. The van der Waals surface area contributed by atoms with E-state index in [1.54, 1.807) is 7.11 Å². The minimum absolute atomic E-state index is 0.341. The number of nitrogens with zero attached hydrogens (tertiary/aromatic N) is 1. The summed E-state index contributed by atoms with van der Waals surface area (Å²) in [6, 6.07) is 14.3. The zero-order valence-corrected chi connectivity index (χ0v) is 16.6. The zero-order valence-electron chi connectivity index (χ0n) is 16.6. The van der Waals surface area contributed by atoms with Gasteiger partial charge in [0.2, 0.25) is 0 Å². The van der Waals surface area contributed by atoms with Crippen LogP contribution < -0.4 is 19.3 Å². The van der Waals surface area contributed by atoms with E-state index < -0.39 is 6.10 Å². The third-order valence-electron chi connectivity index (χ3n) is 5.35. The number of piperazine rings is 1. The Hall–Kier alpha value is -2.24. The van der Waals surface area contributed by atoms with Gasteiger partial charge >= 0.3 is 0 Å². The van der Waals surface area contributed by atoms with Gasteiger partial charge in [0.05, 0.1) is 33.3 Å². The van der Waals surface area contributed by atoms with Gasteiger partial charge in [-0.3, -0.25) is 0 Å². The van der Waals surface area contributed by atoms with E-state index in [4.69, 9.17) is 9.47 Å². The number of anilines is 1. The molecule has 2 N–H and O–H groups in total. The molecule has 0 spiro atoms. The molecule has 1 aliphatic heterocycles. The molecule has 2 aromatic carbocycles. The van der Waals surface area contributed by atoms with E-state index in [2.05, 4.69) is 36.9 Å². The minimum atomic E-state index is -0.450. The highest BCUT2D eigenvalue weighted by atomic mass is 16.5. The van der Waals surface area contributed by atoms with Crippen LogP contribution in [0.1, 0.15) is 11.1 Å². The topological polar surface area (TPSA) is 46.4 Å². The van der Waals surface area contributed by atoms with Gasteiger partial charge in [0.25, 0.3) is 0 Å². The van der Waals surface area contributed by atoms with E-state index in [9.17, 15) is 5.11 Å². The highest BCUT2D eigenvalue weighted by Gasteiger charge is 2.23. The van der Waals surface area contributed by atoms with Gasteiger partial charge in [0, 0.05) is 5.69 Å². The maximum atomic E-state index is 10.4. The smallest absolute Gasteiger partial charge is 0.137 e. The minimum Gasteiger partial charge on any atom is -0.497 e. The van der Waals surface area contributed by atoms with Gasteiger partial charge in [0.1, 0.15) is 30.8 Å². The molecule has 0 aliphatic carbocycles. The van der Waals surface area contributed by atoms with Gasteiger partial charge in [-0.1, -0.05) is 6.07 Å². The molecule has 0 radical (unpaired) electrons. The van der Waals surface area contributed by atoms with Crippen molar-refractivity contribution in [3.8, 4) is 11.5 Å². The molecule has 2 aromatic rings. The lowest BCUT2D eigenvalue weighted by atomic mass is 10.1. The largest absolute Gasteiger partial charge is 0.497 e. The summed E-state index contributed by atoms with van der Waals surface area (Å²) in [6.45, 7) is 9.25. The van der Waals surface area contributed by atoms with E-state index >= 15 is 0 Å². The Labute approximate surface area is 162 Å². The fourth-order valence-corrected chi connectivity index (χ4v) is 3.47. The summed E-state index contributed by atoms with van der Waals surface area (Å²) in [6.07, 6.45) is -0.450. The van der Waals surface area contributed by atoms with Crippen molar-refractivity contribution < 1.29 is 19.5 Å². The molecule has 1 fully saturated rings. The van der Waals surface area contributed by atoms with Gasteiger partial charge in [-0.2, -0.15) is 0 Å². The van der Waals surface area contributed by atoms with E-state index in [0.717, 1.165) is 44.2 Å². The SMILES string of the molecule is COc1ccc(N2CC[NH+](C[C@@H](O)COc3ccc(C)c(C)c3)CC2)cc1. The monoisotopic (exact) mass is 371 g/mol. The van der Waals surface area contributed by atoms with Crippen LogP contribution in [0.25, 0.3) is 0 Å². The zero-order chi connectivity index (χ0) is 19.2. The quantitative estimate of drug-likeness (QED) is 0.774. The van der Waals surface area contributed by atoms with Crippen molar-refractivity contribution >= 4 is 5.69 Å². The van der Waals surface area contributed by atoms with E-state index in [1.165, 1.54) is 21.7 Å². The molecule has 5 heteroatoms. The molecule has 1 saturated heterocycles. The summed E-state index contributed by atoms with van der Waals surface area (Å²) in [7, 11) is 1.69. The van der Waals surface area contributed by atoms with Crippen molar-refractivity contribution in [3.63, 3.8) is 0 Å². The Kier molecular flexibility index (Phi) is 6.58. The molecule has 1 atom stereocenters. The van der Waals surface area contributed by atoms with Crippen LogP contribution in [0.3, 0.4) is 0 Å². The first-order chi connectivity index (χ1) is 13.0. The molecule has 1 aliphatic rings. The Morgan fingerprint density at radius 3 is 2.30 bits per heavy atom. The number of quaternary nitrogens is 1. The lowest BCUT2D eigenvalue weighted by Gasteiger charge is -2.34. The molecule has 0 bridgehead atoms. The lowest BCUT2D eigenvalue weighted by Crippen LogP contribution is -3.16. The second-order valence-corrected chi connectivity index (χ2v) is 7.35. The number of methoxy groups -OCH3 is 1. The normalized spacial score (nSPS) is 16.2. The molecule has 1 heterocycles. The molecule has 5 nitrogen and oxygen atoms in total. The Morgan fingerprint density at radius 2 is 1.67 bits per heavy atom. The van der Waals surface area contributed by atoms with Crippen LogP contribution in [0.2, 0.25) is 0 Å². The van der Waals surface area contributed by atoms with Crippen molar-refractivity contribution in [2.24, 2.45) is 0 Å². The highest BCUT2D eigenvalue weighted by Crippen LogP contribution is 2.19. The molecular weight excluding hydrogens is 340 g/mol. The Balaban J connectivity index is 1.42. The van der Waals surface area contributed by atoms with Crippen LogP contribution in [-0.2, 0) is 0 Å². The van der Waals surface area contributed by atoms with Crippen LogP contribution in [-0.4, -0.2) is 57.7 Å². The number of hydrogen-bond acceptors (Lipinski definition) is 4. The van der Waals surface area contributed by atoms with Gasteiger partial charge in [-0.25, -0.2) is 0 Å². The molecular formula is C22H31N2O3+. The number of aryl methyl sites for hydroxylation is 2. The van der Waals surface area contributed by atoms with E-state index in [0.29, 0.717) is 6.61 Å². The molecule has 0 saturated carbocycles. The first-order valence-electron chi connectivity index (χ1n) is 9.66. The van der Waals surface area contributed by atoms with Gasteiger partial charge in [-0.05, 0) is 61.4 Å². The van der Waals surface area contributed by atoms with Crippen LogP contribution in [0.4, 0.5) is 5.69 Å². The van der Waals surface area contributed by atoms with Gasteiger partial charge in [0.15, 0.2) is 0 Å². The third kappa shape index (κ3) is 5.37. The summed E-state index contributed by atoms with van der Waals surface area (Å²) < 4.78 is 11.0. The summed E-state index contributed by atoms with van der Waals surface area (Å²) in [5.41, 5.74) is 3.69. The second-order valence-electron chi connectivity index (χ2n) is 7.35. The molecule has 3 rings (SSSR count). The predicted octanol–water partition coefficient (Wildman–Crippen LogP) is 1.46. The average Bonchev–Trinajstić information content (AvgIpc) is 2.69. The average molecular weight is 372 g/mol. The lowest BCUT2D eigenvalue weighted by molar-refractivity contribution is -0.903. The maximum Gasteiger partial charge on any atom is 0.137 e. The Morgan fingerprint density at radius 1 is 1.00 bits per heavy atom. The number of aliphatic hydroxyl groups is 1. The first-order valence-corrected chi connectivity index (χ1v) is 9.66. The Bertz CT molecular complexity index is 725. The van der Waals surface area contributed by atoms with Gasteiger partial charge in [-0.15, -0.1) is 0 Å². The molecule has 0 aromatic heterocycles. The maximum absolute atomic E-state index is 10.4. The predicted molar refractivity (Wildman–Crippen MR) is 108 cm³/mol. The van der Waals surface area contributed by atoms with Crippen LogP contribution in [0.5, 0.6) is 11.5 Å². The van der Waals surface area contributed by atoms with Crippen molar-refractivity contribution in [3.05, 3.63) is 53.6 Å². The third-order valence-corrected chi connectivity index (χ3v) is 5.35. The highest BCUT2D eigenvalue weighted by molar-refractivity contribution is 5.49.